The molecule has 1 unspecified atom stereocenters. The summed E-state index contributed by atoms with van der Waals surface area (Å²) in [6, 6.07) is 4.12. The number of nitrogens with one attached hydrogen (secondary N) is 2. The molecule has 2 N–H and O–H groups in total. The summed E-state index contributed by atoms with van der Waals surface area (Å²) in [4.78, 5) is 4.29. The van der Waals surface area contributed by atoms with E-state index in [9.17, 15) is 0 Å². The van der Waals surface area contributed by atoms with Crippen molar-refractivity contribution < 1.29 is 4.42 Å². The van der Waals surface area contributed by atoms with Crippen LogP contribution in [0.4, 0.5) is 0 Å². The first-order valence-electron chi connectivity index (χ1n) is 7.30. The van der Waals surface area contributed by atoms with Crippen molar-refractivity contribution >= 4 is 17.7 Å². The van der Waals surface area contributed by atoms with Crippen molar-refractivity contribution in [2.24, 2.45) is 10.9 Å². The van der Waals surface area contributed by atoms with E-state index in [0.717, 1.165) is 29.9 Å². The maximum absolute atomic E-state index is 5.64. The molecule has 1 atom stereocenters. The number of aryl methyl sites for hydroxylation is 1. The third-order valence-electron chi connectivity index (χ3n) is 3.66. The van der Waals surface area contributed by atoms with Crippen LogP contribution in [0, 0.1) is 12.8 Å². The molecule has 0 aliphatic carbocycles. The molecule has 0 amide bonds. The van der Waals surface area contributed by atoms with Gasteiger partial charge in [0, 0.05) is 13.6 Å². The Morgan fingerprint density at radius 3 is 2.80 bits per heavy atom. The minimum Gasteiger partial charge on any atom is -0.464 e. The van der Waals surface area contributed by atoms with Crippen LogP contribution in [0.25, 0.3) is 0 Å². The zero-order valence-corrected chi connectivity index (χ0v) is 13.4. The number of aliphatic imine (C=N–C) groups is 1. The van der Waals surface area contributed by atoms with Crippen molar-refractivity contribution in [3.8, 4) is 0 Å². The predicted molar refractivity (Wildman–Crippen MR) is 86.4 cm³/mol. The van der Waals surface area contributed by atoms with Gasteiger partial charge in [-0.05, 0) is 56.2 Å². The molecule has 1 aromatic heterocycles. The Morgan fingerprint density at radius 1 is 1.45 bits per heavy atom. The lowest BCUT2D eigenvalue weighted by Gasteiger charge is -2.23. The zero-order chi connectivity index (χ0) is 14.4. The number of hydrogen-bond donors (Lipinski definition) is 2. The average molecular weight is 295 g/mol. The van der Waals surface area contributed by atoms with Gasteiger partial charge in [0.2, 0.25) is 0 Å². The van der Waals surface area contributed by atoms with E-state index in [2.05, 4.69) is 34.3 Å². The highest BCUT2D eigenvalue weighted by Crippen LogP contribution is 2.22. The highest BCUT2D eigenvalue weighted by atomic mass is 32.2. The van der Waals surface area contributed by atoms with Crippen LogP contribution in [0.3, 0.4) is 0 Å². The second-order valence-electron chi connectivity index (χ2n) is 5.32. The summed E-state index contributed by atoms with van der Waals surface area (Å²) in [5.41, 5.74) is 0. The monoisotopic (exact) mass is 295 g/mol. The molecule has 0 radical (unpaired) electrons. The molecule has 0 spiro atoms. The summed E-state index contributed by atoms with van der Waals surface area (Å²) >= 11 is 2.06. The normalized spacial score (nSPS) is 18.9. The summed E-state index contributed by atoms with van der Waals surface area (Å²) < 4.78 is 5.64. The molecule has 2 heterocycles. The van der Waals surface area contributed by atoms with Crippen LogP contribution < -0.4 is 10.6 Å². The maximum Gasteiger partial charge on any atom is 0.191 e. The summed E-state index contributed by atoms with van der Waals surface area (Å²) in [5, 5.41) is 6.81. The Balaban J connectivity index is 1.79. The molecule has 112 valence electrons. The van der Waals surface area contributed by atoms with Gasteiger partial charge in [0.25, 0.3) is 0 Å². The fourth-order valence-electron chi connectivity index (χ4n) is 2.35. The fraction of sp³-hybridized carbons (Fsp3) is 0.667. The highest BCUT2D eigenvalue weighted by Gasteiger charge is 2.15. The van der Waals surface area contributed by atoms with Crippen molar-refractivity contribution in [3.63, 3.8) is 0 Å². The Morgan fingerprint density at radius 2 is 2.20 bits per heavy atom. The van der Waals surface area contributed by atoms with Gasteiger partial charge in [0.15, 0.2) is 5.96 Å². The zero-order valence-electron chi connectivity index (χ0n) is 12.6. The molecule has 5 heteroatoms. The van der Waals surface area contributed by atoms with E-state index in [-0.39, 0.29) is 6.04 Å². The standard InChI is InChI=1S/C15H25N3OS/c1-11-4-5-14(19-11)12(2)18-15(16-3)17-10-13-6-8-20-9-7-13/h4-5,12-13H,6-10H2,1-3H3,(H2,16,17,18). The SMILES string of the molecule is CN=C(NCC1CCSCC1)NC(C)c1ccc(C)o1. The quantitative estimate of drug-likeness (QED) is 0.662. The third kappa shape index (κ3) is 4.47. The van der Waals surface area contributed by atoms with Crippen molar-refractivity contribution in [1.82, 2.24) is 10.6 Å². The molecule has 0 saturated carbocycles. The van der Waals surface area contributed by atoms with E-state index in [1.165, 1.54) is 24.3 Å². The number of guanidine groups is 1. The summed E-state index contributed by atoms with van der Waals surface area (Å²) in [6.07, 6.45) is 2.61. The average Bonchev–Trinajstić information content (AvgIpc) is 2.91. The first-order valence-corrected chi connectivity index (χ1v) is 8.45. The third-order valence-corrected chi connectivity index (χ3v) is 4.71. The lowest BCUT2D eigenvalue weighted by molar-refractivity contribution is 0.437. The Kier molecular flexibility index (Phi) is 5.83. The van der Waals surface area contributed by atoms with Crippen molar-refractivity contribution in [3.05, 3.63) is 23.7 Å². The van der Waals surface area contributed by atoms with Gasteiger partial charge >= 0.3 is 0 Å². The van der Waals surface area contributed by atoms with E-state index in [0.29, 0.717) is 0 Å². The summed E-state index contributed by atoms with van der Waals surface area (Å²) in [7, 11) is 1.81. The molecule has 1 aliphatic rings. The topological polar surface area (TPSA) is 49.6 Å². The van der Waals surface area contributed by atoms with Gasteiger partial charge in [0.1, 0.15) is 11.5 Å². The summed E-state index contributed by atoms with van der Waals surface area (Å²) in [5.74, 6) is 6.09. The van der Waals surface area contributed by atoms with Gasteiger partial charge in [0.05, 0.1) is 6.04 Å². The van der Waals surface area contributed by atoms with E-state index < -0.39 is 0 Å². The predicted octanol–water partition coefficient (Wildman–Crippen LogP) is 2.96. The van der Waals surface area contributed by atoms with Crippen LogP contribution in [0.1, 0.15) is 37.3 Å². The van der Waals surface area contributed by atoms with E-state index >= 15 is 0 Å². The number of thioether (sulfide) groups is 1. The van der Waals surface area contributed by atoms with Gasteiger partial charge in [-0.1, -0.05) is 0 Å². The Hall–Kier alpha value is -1.10. The Labute approximate surface area is 125 Å². The molecule has 1 fully saturated rings. The van der Waals surface area contributed by atoms with Crippen LogP contribution in [-0.2, 0) is 0 Å². The number of furan rings is 1. The molecular weight excluding hydrogens is 270 g/mol. The molecule has 0 aromatic carbocycles. The summed E-state index contributed by atoms with van der Waals surface area (Å²) in [6.45, 7) is 5.05. The van der Waals surface area contributed by atoms with Crippen molar-refractivity contribution in [2.45, 2.75) is 32.7 Å². The van der Waals surface area contributed by atoms with E-state index in [1.54, 1.807) is 0 Å². The minimum atomic E-state index is 0.122. The van der Waals surface area contributed by atoms with Crippen LogP contribution in [-0.4, -0.2) is 31.1 Å². The fourth-order valence-corrected chi connectivity index (χ4v) is 3.55. The molecule has 4 nitrogen and oxygen atoms in total. The second-order valence-corrected chi connectivity index (χ2v) is 6.55. The van der Waals surface area contributed by atoms with Crippen LogP contribution in [0.15, 0.2) is 21.5 Å². The number of hydrogen-bond acceptors (Lipinski definition) is 3. The molecule has 1 aromatic rings. The van der Waals surface area contributed by atoms with E-state index in [4.69, 9.17) is 4.42 Å². The molecule has 1 saturated heterocycles. The minimum absolute atomic E-state index is 0.122. The lowest BCUT2D eigenvalue weighted by Crippen LogP contribution is -2.41. The van der Waals surface area contributed by atoms with Gasteiger partial charge in [-0.15, -0.1) is 0 Å². The first kappa shape index (κ1) is 15.3. The van der Waals surface area contributed by atoms with Gasteiger partial charge in [-0.2, -0.15) is 11.8 Å². The number of rotatable bonds is 4. The van der Waals surface area contributed by atoms with Gasteiger partial charge in [-0.3, -0.25) is 4.99 Å². The smallest absolute Gasteiger partial charge is 0.191 e. The largest absolute Gasteiger partial charge is 0.464 e. The van der Waals surface area contributed by atoms with E-state index in [1.807, 2.05) is 26.1 Å². The molecular formula is C15H25N3OS. The van der Waals surface area contributed by atoms with Crippen molar-refractivity contribution in [1.29, 1.82) is 0 Å². The Bertz CT molecular complexity index is 438. The van der Waals surface area contributed by atoms with Crippen LogP contribution >= 0.6 is 11.8 Å². The molecule has 1 aliphatic heterocycles. The number of nitrogens with zero attached hydrogens (tertiary/aromatic N) is 1. The molecule has 2 rings (SSSR count). The molecule has 20 heavy (non-hydrogen) atoms. The first-order chi connectivity index (χ1) is 9.69. The van der Waals surface area contributed by atoms with Gasteiger partial charge < -0.3 is 15.1 Å². The van der Waals surface area contributed by atoms with Crippen LogP contribution in [0.5, 0.6) is 0 Å². The maximum atomic E-state index is 5.64. The molecule has 0 bridgehead atoms. The second kappa shape index (κ2) is 7.62. The lowest BCUT2D eigenvalue weighted by atomic mass is 10.0. The van der Waals surface area contributed by atoms with Gasteiger partial charge in [-0.25, -0.2) is 0 Å². The van der Waals surface area contributed by atoms with Crippen LogP contribution in [0.2, 0.25) is 0 Å². The highest BCUT2D eigenvalue weighted by molar-refractivity contribution is 7.99. The van der Waals surface area contributed by atoms with Crippen molar-refractivity contribution in [2.75, 3.05) is 25.1 Å².